The van der Waals surface area contributed by atoms with Gasteiger partial charge in [0.2, 0.25) is 0 Å². The molecule has 0 spiro atoms. The molecule has 0 aliphatic rings. The summed E-state index contributed by atoms with van der Waals surface area (Å²) in [6.45, 7) is 3.71. The molecule has 0 bridgehead atoms. The highest BCUT2D eigenvalue weighted by Gasteiger charge is 2.25. The Morgan fingerprint density at radius 1 is 1.33 bits per heavy atom. The average molecular weight is 290 g/mol. The molecule has 2 rings (SSSR count). The molecule has 1 heterocycles. The Morgan fingerprint density at radius 3 is 2.43 bits per heavy atom. The Balaban J connectivity index is 2.69. The van der Waals surface area contributed by atoms with Gasteiger partial charge in [0.25, 0.3) is 0 Å². The van der Waals surface area contributed by atoms with Gasteiger partial charge in [-0.2, -0.15) is 5.10 Å². The minimum absolute atomic E-state index is 0.0894. The Labute approximate surface area is 121 Å². The molecule has 0 aliphatic heterocycles. The molecule has 0 radical (unpaired) electrons. The van der Waals surface area contributed by atoms with E-state index >= 15 is 0 Å². The minimum Gasteiger partial charge on any atom is -0.464 e. The summed E-state index contributed by atoms with van der Waals surface area (Å²) >= 11 is 0. The van der Waals surface area contributed by atoms with E-state index in [1.807, 2.05) is 13.8 Å². The van der Waals surface area contributed by atoms with Crippen molar-refractivity contribution in [3.05, 3.63) is 47.0 Å². The first-order chi connectivity index (χ1) is 9.99. The molecule has 21 heavy (non-hydrogen) atoms. The van der Waals surface area contributed by atoms with E-state index in [0.717, 1.165) is 0 Å². The number of benzene rings is 1. The Hall–Kier alpha value is -2.50. The zero-order valence-corrected chi connectivity index (χ0v) is 12.0. The van der Waals surface area contributed by atoms with Gasteiger partial charge in [0.1, 0.15) is 11.5 Å². The Kier molecular flexibility index (Phi) is 4.16. The molecule has 0 amide bonds. The van der Waals surface area contributed by atoms with Gasteiger partial charge in [0.15, 0.2) is 12.0 Å². The lowest BCUT2D eigenvalue weighted by atomic mass is 10.0. The second-order valence-corrected chi connectivity index (χ2v) is 4.80. The summed E-state index contributed by atoms with van der Waals surface area (Å²) in [5.41, 5.74) is 1.37. The van der Waals surface area contributed by atoms with Crippen LogP contribution < -0.4 is 0 Å². The number of aromatic nitrogens is 2. The molecular weight excluding hydrogens is 275 g/mol. The molecule has 2 aromatic rings. The van der Waals surface area contributed by atoms with Crippen LogP contribution in [0.3, 0.4) is 0 Å². The summed E-state index contributed by atoms with van der Waals surface area (Å²) in [4.78, 5) is 23.3. The van der Waals surface area contributed by atoms with Gasteiger partial charge in [-0.3, -0.25) is 4.79 Å². The van der Waals surface area contributed by atoms with Gasteiger partial charge in [-0.1, -0.05) is 13.8 Å². The van der Waals surface area contributed by atoms with Crippen molar-refractivity contribution in [2.45, 2.75) is 19.8 Å². The van der Waals surface area contributed by atoms with Crippen LogP contribution in [0, 0.1) is 5.82 Å². The molecule has 110 valence electrons. The van der Waals surface area contributed by atoms with Crippen LogP contribution >= 0.6 is 0 Å². The first-order valence-corrected chi connectivity index (χ1v) is 6.42. The molecule has 6 heteroatoms. The zero-order valence-electron chi connectivity index (χ0n) is 12.0. The number of methoxy groups -OCH3 is 1. The number of rotatable bonds is 4. The van der Waals surface area contributed by atoms with Crippen molar-refractivity contribution in [3.8, 4) is 5.69 Å². The first kappa shape index (κ1) is 14.9. The number of hydrogen-bond donors (Lipinski definition) is 0. The molecule has 5 nitrogen and oxygen atoms in total. The quantitative estimate of drug-likeness (QED) is 0.641. The topological polar surface area (TPSA) is 61.2 Å². The summed E-state index contributed by atoms with van der Waals surface area (Å²) < 4.78 is 19.0. The number of esters is 1. The van der Waals surface area contributed by atoms with Crippen LogP contribution in [-0.2, 0) is 4.74 Å². The van der Waals surface area contributed by atoms with Crippen molar-refractivity contribution in [1.82, 2.24) is 9.78 Å². The van der Waals surface area contributed by atoms with Crippen LogP contribution in [0.4, 0.5) is 4.39 Å². The summed E-state index contributed by atoms with van der Waals surface area (Å²) in [6, 6.07) is 5.50. The fourth-order valence-electron chi connectivity index (χ4n) is 2.15. The summed E-state index contributed by atoms with van der Waals surface area (Å²) in [5.74, 6) is -1.09. The number of carbonyl (C=O) groups is 2. The third-order valence-corrected chi connectivity index (χ3v) is 3.10. The summed E-state index contributed by atoms with van der Waals surface area (Å²) in [6.07, 6.45) is 0.637. The van der Waals surface area contributed by atoms with Gasteiger partial charge in [0, 0.05) is 5.56 Å². The fourth-order valence-corrected chi connectivity index (χ4v) is 2.15. The largest absolute Gasteiger partial charge is 0.464 e. The molecule has 0 aliphatic carbocycles. The van der Waals surface area contributed by atoms with Crippen molar-refractivity contribution in [2.24, 2.45) is 0 Å². The average Bonchev–Trinajstić information content (AvgIpc) is 2.86. The maximum Gasteiger partial charge on any atom is 0.358 e. The smallest absolute Gasteiger partial charge is 0.358 e. The maximum absolute atomic E-state index is 13.0. The second kappa shape index (κ2) is 5.87. The fraction of sp³-hybridized carbons (Fsp3) is 0.267. The minimum atomic E-state index is -0.609. The van der Waals surface area contributed by atoms with E-state index < -0.39 is 11.8 Å². The lowest BCUT2D eigenvalue weighted by Crippen LogP contribution is -2.07. The molecule has 1 aromatic heterocycles. The van der Waals surface area contributed by atoms with Crippen LogP contribution in [-0.4, -0.2) is 29.1 Å². The number of nitrogens with zero attached hydrogens (tertiary/aromatic N) is 2. The molecule has 0 fully saturated rings. The number of ether oxygens (including phenoxy) is 1. The lowest BCUT2D eigenvalue weighted by molar-refractivity contribution is 0.0592. The van der Waals surface area contributed by atoms with Crippen molar-refractivity contribution in [2.75, 3.05) is 7.11 Å². The van der Waals surface area contributed by atoms with Crippen LogP contribution in [0.5, 0.6) is 0 Å². The van der Waals surface area contributed by atoms with E-state index in [2.05, 4.69) is 5.10 Å². The van der Waals surface area contributed by atoms with Gasteiger partial charge in [0.05, 0.1) is 12.8 Å². The monoisotopic (exact) mass is 290 g/mol. The van der Waals surface area contributed by atoms with Crippen molar-refractivity contribution >= 4 is 12.3 Å². The van der Waals surface area contributed by atoms with Crippen molar-refractivity contribution in [3.63, 3.8) is 0 Å². The van der Waals surface area contributed by atoms with Gasteiger partial charge < -0.3 is 4.74 Å². The third kappa shape index (κ3) is 2.69. The number of aldehydes is 1. The van der Waals surface area contributed by atoms with Crippen molar-refractivity contribution in [1.29, 1.82) is 0 Å². The molecular formula is C15H15FN2O3. The van der Waals surface area contributed by atoms with Gasteiger partial charge >= 0.3 is 5.97 Å². The number of carbonyl (C=O) groups excluding carboxylic acids is 2. The highest BCUT2D eigenvalue weighted by atomic mass is 19.1. The normalized spacial score (nSPS) is 10.7. The van der Waals surface area contributed by atoms with Crippen LogP contribution in [0.15, 0.2) is 24.3 Å². The Bertz CT molecular complexity index is 675. The molecule has 0 N–H and O–H groups in total. The van der Waals surface area contributed by atoms with Crippen LogP contribution in [0.1, 0.15) is 46.3 Å². The maximum atomic E-state index is 13.0. The van der Waals surface area contributed by atoms with E-state index in [4.69, 9.17) is 4.74 Å². The lowest BCUT2D eigenvalue weighted by Gasteiger charge is -2.06. The molecule has 0 saturated carbocycles. The van der Waals surface area contributed by atoms with Gasteiger partial charge in [-0.25, -0.2) is 13.9 Å². The second-order valence-electron chi connectivity index (χ2n) is 4.80. The van der Waals surface area contributed by atoms with E-state index in [1.54, 1.807) is 0 Å². The molecule has 0 unspecified atom stereocenters. The molecule has 0 saturated heterocycles. The predicted molar refractivity (Wildman–Crippen MR) is 74.3 cm³/mol. The summed E-state index contributed by atoms with van der Waals surface area (Å²) in [7, 11) is 1.25. The third-order valence-electron chi connectivity index (χ3n) is 3.10. The summed E-state index contributed by atoms with van der Waals surface area (Å²) in [5, 5.41) is 4.16. The van der Waals surface area contributed by atoms with E-state index in [1.165, 1.54) is 36.1 Å². The highest BCUT2D eigenvalue weighted by molar-refractivity contribution is 5.92. The van der Waals surface area contributed by atoms with E-state index in [0.29, 0.717) is 17.5 Å². The Morgan fingerprint density at radius 2 is 1.95 bits per heavy atom. The van der Waals surface area contributed by atoms with E-state index in [9.17, 15) is 14.0 Å². The number of hydrogen-bond acceptors (Lipinski definition) is 4. The van der Waals surface area contributed by atoms with Crippen LogP contribution in [0.2, 0.25) is 0 Å². The van der Waals surface area contributed by atoms with Gasteiger partial charge in [-0.15, -0.1) is 0 Å². The first-order valence-electron chi connectivity index (χ1n) is 6.42. The zero-order chi connectivity index (χ0) is 15.6. The SMILES string of the molecule is COC(=O)c1nn(-c2ccc(F)cc2)c(C=O)c1C(C)C. The van der Waals surface area contributed by atoms with Gasteiger partial charge in [-0.05, 0) is 30.2 Å². The molecule has 1 aromatic carbocycles. The standard InChI is InChI=1S/C15H15FN2O3/c1-9(2)13-12(8-19)18(17-14(13)15(20)21-3)11-6-4-10(16)5-7-11/h4-9H,1-3H3. The number of halogens is 1. The van der Waals surface area contributed by atoms with Crippen molar-refractivity contribution < 1.29 is 18.7 Å². The highest BCUT2D eigenvalue weighted by Crippen LogP contribution is 2.25. The molecule has 0 atom stereocenters. The van der Waals surface area contributed by atoms with Crippen LogP contribution in [0.25, 0.3) is 5.69 Å². The van der Waals surface area contributed by atoms with E-state index in [-0.39, 0.29) is 17.3 Å². The predicted octanol–water partition coefficient (Wildman–Crippen LogP) is 2.73.